The van der Waals surface area contributed by atoms with Gasteiger partial charge in [0, 0.05) is 0 Å². The lowest BCUT2D eigenvalue weighted by Gasteiger charge is -2.35. The van der Waals surface area contributed by atoms with Crippen LogP contribution in [0.1, 0.15) is 126 Å². The van der Waals surface area contributed by atoms with Gasteiger partial charge in [-0.2, -0.15) is 5.26 Å². The molecule has 1 unspecified atom stereocenters. The lowest BCUT2D eigenvalue weighted by atomic mass is 9.69. The monoisotopic (exact) mass is 501 g/mol. The maximum absolute atomic E-state index is 13.8. The van der Waals surface area contributed by atoms with Crippen molar-refractivity contribution in [3.05, 3.63) is 64.7 Å². The number of ether oxygens (including phenoxy) is 1. The Hall–Kier alpha value is -2.60. The van der Waals surface area contributed by atoms with Crippen molar-refractivity contribution in [3.8, 4) is 11.8 Å². The van der Waals surface area contributed by atoms with Crippen molar-refractivity contribution in [1.82, 2.24) is 0 Å². The first-order chi connectivity index (χ1) is 18.1. The van der Waals surface area contributed by atoms with Crippen LogP contribution in [0.2, 0.25) is 0 Å². The third-order valence-corrected chi connectivity index (χ3v) is 8.36. The van der Waals surface area contributed by atoms with Crippen LogP contribution in [0.4, 0.5) is 0 Å². The zero-order chi connectivity index (χ0) is 26.5. The molecule has 0 aliphatic heterocycles. The summed E-state index contributed by atoms with van der Waals surface area (Å²) in [7, 11) is 0. The van der Waals surface area contributed by atoms with Gasteiger partial charge >= 0.3 is 5.97 Å². The maximum atomic E-state index is 13.8. The highest BCUT2D eigenvalue weighted by Crippen LogP contribution is 2.41. The van der Waals surface area contributed by atoms with Crippen molar-refractivity contribution in [2.45, 2.75) is 122 Å². The minimum absolute atomic E-state index is 0.207. The van der Waals surface area contributed by atoms with Crippen LogP contribution in [-0.4, -0.2) is 5.97 Å². The second kappa shape index (κ2) is 15.0. The first-order valence-corrected chi connectivity index (χ1v) is 14.9. The Labute approximate surface area is 225 Å². The van der Waals surface area contributed by atoms with Gasteiger partial charge in [-0.25, -0.2) is 0 Å². The molecule has 0 saturated heterocycles. The summed E-state index contributed by atoms with van der Waals surface area (Å²) in [6, 6.07) is 16.8. The number of carbonyl (C=O) groups is 1. The van der Waals surface area contributed by atoms with E-state index in [0.717, 1.165) is 62.5 Å². The molecular weight excluding hydrogens is 454 g/mol. The van der Waals surface area contributed by atoms with Crippen LogP contribution in [-0.2, 0) is 23.1 Å². The van der Waals surface area contributed by atoms with Crippen LogP contribution in [0, 0.1) is 17.2 Å². The number of esters is 1. The molecule has 1 atom stereocenters. The Kier molecular flexibility index (Phi) is 11.7. The van der Waals surface area contributed by atoms with E-state index in [1.54, 1.807) is 0 Å². The molecule has 2 aromatic carbocycles. The molecule has 0 heterocycles. The van der Waals surface area contributed by atoms with Crippen molar-refractivity contribution in [2.75, 3.05) is 0 Å². The van der Waals surface area contributed by atoms with E-state index in [1.807, 2.05) is 18.2 Å². The molecule has 0 amide bonds. The van der Waals surface area contributed by atoms with Crippen molar-refractivity contribution >= 4 is 5.97 Å². The fourth-order valence-corrected chi connectivity index (χ4v) is 5.87. The van der Waals surface area contributed by atoms with E-state index < -0.39 is 5.41 Å². The summed E-state index contributed by atoms with van der Waals surface area (Å²) in [5.41, 5.74) is 3.39. The number of rotatable bonds is 14. The minimum atomic E-state index is -0.627. The molecule has 1 aliphatic carbocycles. The SMILES string of the molecule is CCCCCCc1ccc(C2(C(=O)Oc3ccc(CC(CC)CCCC)cc3C#N)CCCCC2)cc1. The molecule has 0 radical (unpaired) electrons. The van der Waals surface area contributed by atoms with Crippen molar-refractivity contribution in [1.29, 1.82) is 5.26 Å². The van der Waals surface area contributed by atoms with E-state index in [9.17, 15) is 10.1 Å². The van der Waals surface area contributed by atoms with Crippen LogP contribution in [0.5, 0.6) is 5.75 Å². The van der Waals surface area contributed by atoms with E-state index in [2.05, 4.69) is 51.1 Å². The molecule has 1 saturated carbocycles. The number of carbonyl (C=O) groups excluding carboxylic acids is 1. The van der Waals surface area contributed by atoms with Gasteiger partial charge in [0.1, 0.15) is 11.8 Å². The lowest BCUT2D eigenvalue weighted by Crippen LogP contribution is -2.41. The van der Waals surface area contributed by atoms with Gasteiger partial charge in [0.05, 0.1) is 11.0 Å². The standard InChI is InChI=1S/C34H47NO2/c1-4-7-9-11-15-28-16-19-31(20-17-28)34(22-12-10-13-23-34)33(36)37-32-21-18-29(25-30(32)26-35)24-27(6-3)14-8-5-2/h16-21,25,27H,4-15,22-24H2,1-3H3. The van der Waals surface area contributed by atoms with Crippen molar-refractivity contribution in [2.24, 2.45) is 5.92 Å². The normalized spacial score (nSPS) is 15.6. The second-order valence-electron chi connectivity index (χ2n) is 11.1. The fourth-order valence-electron chi connectivity index (χ4n) is 5.87. The highest BCUT2D eigenvalue weighted by Gasteiger charge is 2.43. The zero-order valence-corrected chi connectivity index (χ0v) is 23.5. The third-order valence-electron chi connectivity index (χ3n) is 8.36. The Morgan fingerprint density at radius 1 is 0.919 bits per heavy atom. The summed E-state index contributed by atoms with van der Waals surface area (Å²) in [6.45, 7) is 6.71. The van der Waals surface area contributed by atoms with Gasteiger partial charge < -0.3 is 4.74 Å². The van der Waals surface area contributed by atoms with Gasteiger partial charge in [-0.1, -0.05) is 115 Å². The van der Waals surface area contributed by atoms with E-state index in [4.69, 9.17) is 4.74 Å². The van der Waals surface area contributed by atoms with Gasteiger partial charge in [0.2, 0.25) is 0 Å². The summed E-state index contributed by atoms with van der Waals surface area (Å²) < 4.78 is 6.05. The van der Waals surface area contributed by atoms with E-state index >= 15 is 0 Å². The second-order valence-corrected chi connectivity index (χ2v) is 11.1. The van der Waals surface area contributed by atoms with Crippen LogP contribution in [0.15, 0.2) is 42.5 Å². The number of aryl methyl sites for hydroxylation is 1. The smallest absolute Gasteiger partial charge is 0.321 e. The number of unbranched alkanes of at least 4 members (excludes halogenated alkanes) is 4. The number of hydrogen-bond acceptors (Lipinski definition) is 3. The molecule has 0 N–H and O–H groups in total. The number of benzene rings is 2. The molecular formula is C34H47NO2. The molecule has 3 rings (SSSR count). The van der Waals surface area contributed by atoms with Crippen molar-refractivity contribution in [3.63, 3.8) is 0 Å². The van der Waals surface area contributed by atoms with Gasteiger partial charge in [0.25, 0.3) is 0 Å². The summed E-state index contributed by atoms with van der Waals surface area (Å²) in [5, 5.41) is 9.87. The van der Waals surface area contributed by atoms with Crippen LogP contribution in [0.25, 0.3) is 0 Å². The lowest BCUT2D eigenvalue weighted by molar-refractivity contribution is -0.142. The fraction of sp³-hybridized carbons (Fsp3) is 0.588. The van der Waals surface area contributed by atoms with Crippen LogP contribution in [0.3, 0.4) is 0 Å². The summed E-state index contributed by atoms with van der Waals surface area (Å²) >= 11 is 0. The molecule has 2 aromatic rings. The van der Waals surface area contributed by atoms with Gasteiger partial charge in [-0.15, -0.1) is 0 Å². The molecule has 0 spiro atoms. The topological polar surface area (TPSA) is 50.1 Å². The quantitative estimate of drug-likeness (QED) is 0.147. The largest absolute Gasteiger partial charge is 0.424 e. The molecule has 3 nitrogen and oxygen atoms in total. The van der Waals surface area contributed by atoms with Crippen LogP contribution < -0.4 is 4.74 Å². The van der Waals surface area contributed by atoms with Gasteiger partial charge in [-0.3, -0.25) is 4.79 Å². The maximum Gasteiger partial charge on any atom is 0.321 e. The van der Waals surface area contributed by atoms with Gasteiger partial charge in [0.15, 0.2) is 0 Å². The molecule has 200 valence electrons. The van der Waals surface area contributed by atoms with E-state index in [-0.39, 0.29) is 5.97 Å². The number of hydrogen-bond donors (Lipinski definition) is 0. The summed E-state index contributed by atoms with van der Waals surface area (Å²) in [5.74, 6) is 0.817. The Balaban J connectivity index is 1.76. The predicted octanol–water partition coefficient (Wildman–Crippen LogP) is 9.25. The average Bonchev–Trinajstić information content (AvgIpc) is 2.94. The first-order valence-electron chi connectivity index (χ1n) is 14.9. The van der Waals surface area contributed by atoms with Gasteiger partial charge in [-0.05, 0) is 66.8 Å². The first kappa shape index (κ1) is 29.0. The number of nitrogens with zero attached hydrogens (tertiary/aromatic N) is 1. The Bertz CT molecular complexity index is 1010. The Morgan fingerprint density at radius 3 is 2.27 bits per heavy atom. The van der Waals surface area contributed by atoms with Crippen LogP contribution >= 0.6 is 0 Å². The molecule has 1 fully saturated rings. The highest BCUT2D eigenvalue weighted by molar-refractivity contribution is 5.85. The predicted molar refractivity (Wildman–Crippen MR) is 153 cm³/mol. The van der Waals surface area contributed by atoms with Crippen molar-refractivity contribution < 1.29 is 9.53 Å². The summed E-state index contributed by atoms with van der Waals surface area (Å²) in [6.07, 6.45) is 16.7. The molecule has 0 aromatic heterocycles. The Morgan fingerprint density at radius 2 is 1.62 bits per heavy atom. The van der Waals surface area contributed by atoms with E-state index in [0.29, 0.717) is 17.2 Å². The average molecular weight is 502 g/mol. The molecule has 1 aliphatic rings. The van der Waals surface area contributed by atoms with E-state index in [1.165, 1.54) is 50.5 Å². The third kappa shape index (κ3) is 7.94. The highest BCUT2D eigenvalue weighted by atomic mass is 16.5. The molecule has 3 heteroatoms. The molecule has 37 heavy (non-hydrogen) atoms. The molecule has 0 bridgehead atoms. The summed E-state index contributed by atoms with van der Waals surface area (Å²) in [4.78, 5) is 13.8. The minimum Gasteiger partial charge on any atom is -0.424 e. The zero-order valence-electron chi connectivity index (χ0n) is 23.5. The number of nitriles is 1.